The van der Waals surface area contributed by atoms with Gasteiger partial charge in [-0.15, -0.1) is 0 Å². The van der Waals surface area contributed by atoms with Gasteiger partial charge in [-0.25, -0.2) is 0 Å². The molecular formula is C11H21NO2S. The van der Waals surface area contributed by atoms with Crippen molar-refractivity contribution in [2.45, 2.75) is 26.2 Å². The van der Waals surface area contributed by atoms with Crippen LogP contribution in [0.2, 0.25) is 0 Å². The monoisotopic (exact) mass is 231 g/mol. The molecule has 0 saturated carbocycles. The van der Waals surface area contributed by atoms with E-state index in [1.54, 1.807) is 0 Å². The molecule has 0 aromatic rings. The number of thioether (sulfide) groups is 1. The number of carboxylic acids is 1. The van der Waals surface area contributed by atoms with Crippen LogP contribution in [0.3, 0.4) is 0 Å². The first-order chi connectivity index (χ1) is 7.08. The SMILES string of the molecule is CSCCCCN1CCC(C)(C(=O)O)C1. The zero-order valence-electron chi connectivity index (χ0n) is 9.66. The van der Waals surface area contributed by atoms with Gasteiger partial charge in [-0.3, -0.25) is 4.79 Å². The normalized spacial score (nSPS) is 27.1. The van der Waals surface area contributed by atoms with Crippen LogP contribution in [0.5, 0.6) is 0 Å². The molecule has 1 unspecified atom stereocenters. The largest absolute Gasteiger partial charge is 0.481 e. The Morgan fingerprint density at radius 2 is 2.27 bits per heavy atom. The maximum atomic E-state index is 11.0. The average Bonchev–Trinajstić information content (AvgIpc) is 2.57. The first-order valence-electron chi connectivity index (χ1n) is 5.53. The molecule has 0 spiro atoms. The third kappa shape index (κ3) is 3.68. The minimum Gasteiger partial charge on any atom is -0.481 e. The van der Waals surface area contributed by atoms with Gasteiger partial charge in [-0.05, 0) is 51.3 Å². The minimum atomic E-state index is -0.644. The Kier molecular flexibility index (Phi) is 4.93. The molecule has 1 aliphatic heterocycles. The third-order valence-electron chi connectivity index (χ3n) is 3.14. The number of unbranched alkanes of at least 4 members (excludes halogenated alkanes) is 1. The van der Waals surface area contributed by atoms with Crippen LogP contribution in [0.4, 0.5) is 0 Å². The second-order valence-corrected chi connectivity index (χ2v) is 5.58. The number of carbonyl (C=O) groups is 1. The van der Waals surface area contributed by atoms with E-state index in [0.29, 0.717) is 0 Å². The van der Waals surface area contributed by atoms with E-state index in [4.69, 9.17) is 5.11 Å². The van der Waals surface area contributed by atoms with Crippen LogP contribution in [0.1, 0.15) is 26.2 Å². The fourth-order valence-corrected chi connectivity index (χ4v) is 2.50. The summed E-state index contributed by atoms with van der Waals surface area (Å²) in [7, 11) is 0. The highest BCUT2D eigenvalue weighted by Gasteiger charge is 2.39. The van der Waals surface area contributed by atoms with Crippen LogP contribution in [0, 0.1) is 5.41 Å². The van der Waals surface area contributed by atoms with Crippen molar-refractivity contribution in [2.24, 2.45) is 5.41 Å². The maximum absolute atomic E-state index is 11.0. The number of aliphatic carboxylic acids is 1. The Bertz CT molecular complexity index is 223. The van der Waals surface area contributed by atoms with Crippen LogP contribution in [0.25, 0.3) is 0 Å². The van der Waals surface area contributed by atoms with Gasteiger partial charge in [0.1, 0.15) is 0 Å². The van der Waals surface area contributed by atoms with Gasteiger partial charge in [0, 0.05) is 6.54 Å². The lowest BCUT2D eigenvalue weighted by molar-refractivity contribution is -0.147. The highest BCUT2D eigenvalue weighted by atomic mass is 32.2. The molecule has 0 aliphatic carbocycles. The predicted molar refractivity (Wildman–Crippen MR) is 64.4 cm³/mol. The summed E-state index contributed by atoms with van der Waals surface area (Å²) in [6.07, 6.45) is 5.35. The molecule has 4 heteroatoms. The lowest BCUT2D eigenvalue weighted by Crippen LogP contribution is -2.32. The van der Waals surface area contributed by atoms with Crippen LogP contribution in [-0.4, -0.2) is 47.6 Å². The molecule has 1 rings (SSSR count). The smallest absolute Gasteiger partial charge is 0.310 e. The van der Waals surface area contributed by atoms with E-state index in [9.17, 15) is 4.79 Å². The zero-order chi connectivity index (χ0) is 11.3. The predicted octanol–water partition coefficient (Wildman–Crippen LogP) is 1.93. The van der Waals surface area contributed by atoms with Gasteiger partial charge in [-0.1, -0.05) is 0 Å². The minimum absolute atomic E-state index is 0.500. The van der Waals surface area contributed by atoms with Crippen molar-refractivity contribution >= 4 is 17.7 Å². The third-order valence-corrected chi connectivity index (χ3v) is 3.84. The summed E-state index contributed by atoms with van der Waals surface area (Å²) in [4.78, 5) is 13.3. The molecule has 0 aromatic carbocycles. The average molecular weight is 231 g/mol. The number of hydrogen-bond donors (Lipinski definition) is 1. The van der Waals surface area contributed by atoms with Crippen molar-refractivity contribution in [1.82, 2.24) is 4.90 Å². The molecule has 1 heterocycles. The summed E-state index contributed by atoms with van der Waals surface area (Å²) < 4.78 is 0. The number of rotatable bonds is 6. The second kappa shape index (κ2) is 5.75. The Hall–Kier alpha value is -0.220. The molecule has 0 bridgehead atoms. The molecule has 1 saturated heterocycles. The summed E-state index contributed by atoms with van der Waals surface area (Å²) in [5, 5.41) is 9.07. The number of nitrogens with zero attached hydrogens (tertiary/aromatic N) is 1. The van der Waals surface area contributed by atoms with Crippen molar-refractivity contribution in [3.8, 4) is 0 Å². The topological polar surface area (TPSA) is 40.5 Å². The molecular weight excluding hydrogens is 210 g/mol. The van der Waals surface area contributed by atoms with Gasteiger partial charge in [0.2, 0.25) is 0 Å². The summed E-state index contributed by atoms with van der Waals surface area (Å²) in [5.41, 5.74) is -0.500. The zero-order valence-corrected chi connectivity index (χ0v) is 10.5. The first-order valence-corrected chi connectivity index (χ1v) is 6.92. The highest BCUT2D eigenvalue weighted by Crippen LogP contribution is 2.30. The van der Waals surface area contributed by atoms with Crippen molar-refractivity contribution in [2.75, 3.05) is 31.6 Å². The van der Waals surface area contributed by atoms with E-state index >= 15 is 0 Å². The maximum Gasteiger partial charge on any atom is 0.310 e. The molecule has 1 fully saturated rings. The van der Waals surface area contributed by atoms with E-state index in [1.807, 2.05) is 18.7 Å². The van der Waals surface area contributed by atoms with E-state index in [0.717, 1.165) is 26.1 Å². The van der Waals surface area contributed by atoms with Crippen LogP contribution in [0.15, 0.2) is 0 Å². The standard InChI is InChI=1S/C11H21NO2S/c1-11(10(13)14)5-7-12(9-11)6-3-4-8-15-2/h3-9H2,1-2H3,(H,13,14). The van der Waals surface area contributed by atoms with Crippen molar-refractivity contribution < 1.29 is 9.90 Å². The summed E-state index contributed by atoms with van der Waals surface area (Å²) in [6.45, 7) is 4.59. The molecule has 0 radical (unpaired) electrons. The molecule has 1 atom stereocenters. The van der Waals surface area contributed by atoms with Crippen molar-refractivity contribution in [1.29, 1.82) is 0 Å². The lowest BCUT2D eigenvalue weighted by Gasteiger charge is -2.19. The summed E-state index contributed by atoms with van der Waals surface area (Å²) in [6, 6.07) is 0. The Labute approximate surface area is 96.2 Å². The number of hydrogen-bond acceptors (Lipinski definition) is 3. The van der Waals surface area contributed by atoms with E-state index in [-0.39, 0.29) is 0 Å². The van der Waals surface area contributed by atoms with E-state index in [2.05, 4.69) is 11.2 Å². The van der Waals surface area contributed by atoms with Gasteiger partial charge >= 0.3 is 5.97 Å². The molecule has 88 valence electrons. The Balaban J connectivity index is 2.22. The van der Waals surface area contributed by atoms with Gasteiger partial charge < -0.3 is 10.0 Å². The van der Waals surface area contributed by atoms with Gasteiger partial charge in [0.15, 0.2) is 0 Å². The lowest BCUT2D eigenvalue weighted by atomic mass is 9.90. The van der Waals surface area contributed by atoms with E-state index < -0.39 is 11.4 Å². The summed E-state index contributed by atoms with van der Waals surface area (Å²) >= 11 is 1.88. The quantitative estimate of drug-likeness (QED) is 0.709. The Morgan fingerprint density at radius 1 is 1.53 bits per heavy atom. The van der Waals surface area contributed by atoms with E-state index in [1.165, 1.54) is 18.6 Å². The van der Waals surface area contributed by atoms with Gasteiger partial charge in [-0.2, -0.15) is 11.8 Å². The number of likely N-dealkylation sites (tertiary alicyclic amines) is 1. The second-order valence-electron chi connectivity index (χ2n) is 4.59. The molecule has 3 nitrogen and oxygen atoms in total. The van der Waals surface area contributed by atoms with Crippen LogP contribution in [-0.2, 0) is 4.79 Å². The number of carboxylic acid groups (broad SMARTS) is 1. The van der Waals surface area contributed by atoms with Crippen molar-refractivity contribution in [3.05, 3.63) is 0 Å². The Morgan fingerprint density at radius 3 is 2.80 bits per heavy atom. The van der Waals surface area contributed by atoms with Gasteiger partial charge in [0.25, 0.3) is 0 Å². The van der Waals surface area contributed by atoms with Gasteiger partial charge in [0.05, 0.1) is 5.41 Å². The summed E-state index contributed by atoms with van der Waals surface area (Å²) in [5.74, 6) is 0.568. The fourth-order valence-electron chi connectivity index (χ4n) is 2.00. The molecule has 0 amide bonds. The fraction of sp³-hybridized carbons (Fsp3) is 0.909. The van der Waals surface area contributed by atoms with Crippen LogP contribution >= 0.6 is 11.8 Å². The van der Waals surface area contributed by atoms with Crippen molar-refractivity contribution in [3.63, 3.8) is 0 Å². The molecule has 1 aliphatic rings. The first kappa shape index (κ1) is 12.8. The highest BCUT2D eigenvalue weighted by molar-refractivity contribution is 7.98. The van der Waals surface area contributed by atoms with Crippen LogP contribution < -0.4 is 0 Å². The molecule has 1 N–H and O–H groups in total. The molecule has 15 heavy (non-hydrogen) atoms. The molecule has 0 aromatic heterocycles.